The molecule has 1 amide bonds. The molecule has 3 aromatic rings. The molecule has 1 fully saturated rings. The number of anilines is 1. The number of amides is 1. The third-order valence-corrected chi connectivity index (χ3v) is 7.30. The third kappa shape index (κ3) is 4.38. The molecule has 31 heavy (non-hydrogen) atoms. The lowest BCUT2D eigenvalue weighted by Crippen LogP contribution is -2.43. The van der Waals surface area contributed by atoms with Crippen LogP contribution in [0.5, 0.6) is 0 Å². The lowest BCUT2D eigenvalue weighted by Gasteiger charge is -2.31. The monoisotopic (exact) mass is 444 g/mol. The van der Waals surface area contributed by atoms with Crippen molar-refractivity contribution >= 4 is 32.6 Å². The van der Waals surface area contributed by atoms with Crippen LogP contribution in [0.15, 0.2) is 62.6 Å². The molecule has 1 aliphatic heterocycles. The number of fused-ring (bicyclic) bond motifs is 1. The van der Waals surface area contributed by atoms with Crippen molar-refractivity contribution in [1.82, 2.24) is 4.31 Å². The highest BCUT2D eigenvalue weighted by Gasteiger charge is 2.33. The van der Waals surface area contributed by atoms with Gasteiger partial charge in [-0.2, -0.15) is 4.31 Å². The Hall–Kier alpha value is -3.04. The van der Waals surface area contributed by atoms with E-state index in [0.717, 1.165) is 23.1 Å². The average molecular weight is 444 g/mol. The van der Waals surface area contributed by atoms with E-state index < -0.39 is 27.4 Å². The quantitative estimate of drug-likeness (QED) is 0.623. The summed E-state index contributed by atoms with van der Waals surface area (Å²) in [4.78, 5) is 24.4. The summed E-state index contributed by atoms with van der Waals surface area (Å²) in [6.45, 7) is 2.13. The Morgan fingerprint density at radius 1 is 1.16 bits per heavy atom. The fourth-order valence-electron chi connectivity index (χ4n) is 3.78. The van der Waals surface area contributed by atoms with Gasteiger partial charge in [0.15, 0.2) is 0 Å². The number of sulfonamides is 1. The highest BCUT2D eigenvalue weighted by atomic mass is 32.2. The molecule has 2 aromatic carbocycles. The van der Waals surface area contributed by atoms with Crippen molar-refractivity contribution in [2.75, 3.05) is 18.4 Å². The molecule has 4 rings (SSSR count). The van der Waals surface area contributed by atoms with Gasteiger partial charge >= 0.3 is 5.63 Å². The lowest BCUT2D eigenvalue weighted by atomic mass is 9.98. The van der Waals surface area contributed by atoms with Gasteiger partial charge in [0.2, 0.25) is 15.9 Å². The number of nitrogens with one attached hydrogen (secondary N) is 1. The molecule has 1 saturated heterocycles. The molecular formula is C22H21FN2O5S. The average Bonchev–Trinajstić information content (AvgIpc) is 2.73. The Balaban J connectivity index is 1.51. The zero-order valence-electron chi connectivity index (χ0n) is 16.8. The number of nitrogens with zero attached hydrogens (tertiary/aromatic N) is 1. The number of carbonyl (C=O) groups is 1. The molecule has 1 unspecified atom stereocenters. The van der Waals surface area contributed by atoms with Gasteiger partial charge in [-0.1, -0.05) is 0 Å². The molecule has 0 radical (unpaired) electrons. The zero-order chi connectivity index (χ0) is 22.2. The first-order chi connectivity index (χ1) is 14.7. The molecule has 7 nitrogen and oxygen atoms in total. The molecule has 1 aromatic heterocycles. The third-order valence-electron chi connectivity index (χ3n) is 5.43. The minimum absolute atomic E-state index is 0.00474. The van der Waals surface area contributed by atoms with E-state index in [-0.39, 0.29) is 17.3 Å². The van der Waals surface area contributed by atoms with Crippen molar-refractivity contribution in [2.45, 2.75) is 24.7 Å². The van der Waals surface area contributed by atoms with Crippen LogP contribution in [0.25, 0.3) is 11.0 Å². The maximum absolute atomic E-state index is 13.1. The van der Waals surface area contributed by atoms with Crippen LogP contribution in [-0.4, -0.2) is 31.7 Å². The Bertz CT molecular complexity index is 1300. The van der Waals surface area contributed by atoms with E-state index in [1.807, 2.05) is 0 Å². The molecule has 162 valence electrons. The summed E-state index contributed by atoms with van der Waals surface area (Å²) >= 11 is 0. The van der Waals surface area contributed by atoms with Gasteiger partial charge in [-0.3, -0.25) is 4.79 Å². The van der Waals surface area contributed by atoms with Gasteiger partial charge < -0.3 is 9.73 Å². The van der Waals surface area contributed by atoms with Gasteiger partial charge in [0.05, 0.1) is 10.8 Å². The minimum Gasteiger partial charge on any atom is -0.423 e. The molecule has 0 bridgehead atoms. The fraction of sp³-hybridized carbons (Fsp3) is 0.273. The van der Waals surface area contributed by atoms with Crippen molar-refractivity contribution in [1.29, 1.82) is 0 Å². The Labute approximate surface area is 178 Å². The zero-order valence-corrected chi connectivity index (χ0v) is 17.6. The number of hydrogen-bond acceptors (Lipinski definition) is 5. The van der Waals surface area contributed by atoms with E-state index >= 15 is 0 Å². The van der Waals surface area contributed by atoms with E-state index in [1.165, 1.54) is 22.5 Å². The fourth-order valence-corrected chi connectivity index (χ4v) is 5.30. The molecular weight excluding hydrogens is 423 g/mol. The minimum atomic E-state index is -3.82. The van der Waals surface area contributed by atoms with Crippen molar-refractivity contribution in [2.24, 2.45) is 5.92 Å². The summed E-state index contributed by atoms with van der Waals surface area (Å²) in [6, 6.07) is 11.1. The van der Waals surface area contributed by atoms with Crippen LogP contribution >= 0.6 is 0 Å². The van der Waals surface area contributed by atoms with Gasteiger partial charge in [0.25, 0.3) is 0 Å². The summed E-state index contributed by atoms with van der Waals surface area (Å²) < 4.78 is 45.3. The van der Waals surface area contributed by atoms with Gasteiger partial charge in [-0.05, 0) is 61.7 Å². The Morgan fingerprint density at radius 2 is 1.90 bits per heavy atom. The second kappa shape index (κ2) is 8.24. The molecule has 0 aliphatic carbocycles. The second-order valence-corrected chi connectivity index (χ2v) is 9.54. The van der Waals surface area contributed by atoms with Crippen LogP contribution in [-0.2, 0) is 14.8 Å². The Morgan fingerprint density at radius 3 is 2.65 bits per heavy atom. The summed E-state index contributed by atoms with van der Waals surface area (Å²) in [5, 5.41) is 3.56. The predicted molar refractivity (Wildman–Crippen MR) is 114 cm³/mol. The number of hydrogen-bond donors (Lipinski definition) is 1. The number of piperidine rings is 1. The van der Waals surface area contributed by atoms with Crippen LogP contribution in [0, 0.1) is 18.7 Å². The first kappa shape index (κ1) is 21.2. The standard InChI is InChI=1S/C22H21FN2O5S/c1-14-11-21(26)30-20-12-17(6-9-19(14)20)24-22(27)15-3-2-10-25(13-15)31(28,29)18-7-4-16(23)5-8-18/h4-9,11-12,15H,2-3,10,13H2,1H3,(H,24,27). The summed E-state index contributed by atoms with van der Waals surface area (Å²) in [6.07, 6.45) is 1.08. The molecule has 0 saturated carbocycles. The molecule has 1 N–H and O–H groups in total. The Kier molecular flexibility index (Phi) is 5.63. The van der Waals surface area contributed by atoms with E-state index in [2.05, 4.69) is 5.32 Å². The van der Waals surface area contributed by atoms with Crippen LogP contribution in [0.2, 0.25) is 0 Å². The number of benzene rings is 2. The summed E-state index contributed by atoms with van der Waals surface area (Å²) in [7, 11) is -3.82. The highest BCUT2D eigenvalue weighted by Crippen LogP contribution is 2.26. The topological polar surface area (TPSA) is 96.7 Å². The van der Waals surface area contributed by atoms with Crippen molar-refractivity contribution < 1.29 is 22.0 Å². The van der Waals surface area contributed by atoms with Gasteiger partial charge in [0, 0.05) is 36.3 Å². The molecule has 1 aliphatic rings. The summed E-state index contributed by atoms with van der Waals surface area (Å²) in [5.74, 6) is -1.37. The van der Waals surface area contributed by atoms with Crippen molar-refractivity contribution in [3.63, 3.8) is 0 Å². The van der Waals surface area contributed by atoms with Crippen LogP contribution in [0.1, 0.15) is 18.4 Å². The van der Waals surface area contributed by atoms with Crippen LogP contribution in [0.3, 0.4) is 0 Å². The molecule has 1 atom stereocenters. The largest absolute Gasteiger partial charge is 0.423 e. The second-order valence-electron chi connectivity index (χ2n) is 7.60. The van der Waals surface area contributed by atoms with E-state index in [9.17, 15) is 22.4 Å². The highest BCUT2D eigenvalue weighted by molar-refractivity contribution is 7.89. The molecule has 2 heterocycles. The van der Waals surface area contributed by atoms with E-state index in [0.29, 0.717) is 30.7 Å². The lowest BCUT2D eigenvalue weighted by molar-refractivity contribution is -0.120. The summed E-state index contributed by atoms with van der Waals surface area (Å²) in [5.41, 5.74) is 1.14. The van der Waals surface area contributed by atoms with E-state index in [4.69, 9.17) is 4.42 Å². The number of rotatable bonds is 4. The predicted octanol–water partition coefficient (Wildman–Crippen LogP) is 3.28. The number of aryl methyl sites for hydroxylation is 1. The maximum Gasteiger partial charge on any atom is 0.336 e. The normalized spacial score (nSPS) is 17.5. The van der Waals surface area contributed by atoms with E-state index in [1.54, 1.807) is 25.1 Å². The van der Waals surface area contributed by atoms with Crippen molar-refractivity contribution in [3.8, 4) is 0 Å². The van der Waals surface area contributed by atoms with Crippen molar-refractivity contribution in [3.05, 3.63) is 70.3 Å². The maximum atomic E-state index is 13.1. The van der Waals surface area contributed by atoms with Gasteiger partial charge in [0.1, 0.15) is 11.4 Å². The first-order valence-corrected chi connectivity index (χ1v) is 11.3. The smallest absolute Gasteiger partial charge is 0.336 e. The van der Waals surface area contributed by atoms with Crippen LogP contribution in [0.4, 0.5) is 10.1 Å². The number of halogens is 1. The molecule has 9 heteroatoms. The molecule has 0 spiro atoms. The van der Waals surface area contributed by atoms with Gasteiger partial charge in [-0.15, -0.1) is 0 Å². The van der Waals surface area contributed by atoms with Gasteiger partial charge in [-0.25, -0.2) is 17.6 Å². The number of carbonyl (C=O) groups excluding carboxylic acids is 1. The first-order valence-electron chi connectivity index (χ1n) is 9.85. The van der Waals surface area contributed by atoms with Crippen LogP contribution < -0.4 is 10.9 Å². The SMILES string of the molecule is Cc1cc(=O)oc2cc(NC(=O)C3CCCN(S(=O)(=O)c4ccc(F)cc4)C3)ccc12.